The minimum Gasteiger partial charge on any atom is -0.478 e. The molecule has 0 spiro atoms. The Bertz CT molecular complexity index is 519. The van der Waals surface area contributed by atoms with Crippen LogP contribution in [0.3, 0.4) is 0 Å². The lowest BCUT2D eigenvalue weighted by atomic mass is 10.2. The number of fused-ring (bicyclic) bond motifs is 1. The molecule has 0 saturated carbocycles. The average Bonchev–Trinajstić information content (AvgIpc) is 2.68. The van der Waals surface area contributed by atoms with E-state index in [0.717, 1.165) is 5.52 Å². The summed E-state index contributed by atoms with van der Waals surface area (Å²) < 4.78 is 6.92. The first-order chi connectivity index (χ1) is 7.72. The second kappa shape index (κ2) is 4.32. The quantitative estimate of drug-likeness (QED) is 0.845. The van der Waals surface area contributed by atoms with Crippen molar-refractivity contribution >= 4 is 17.0 Å². The van der Waals surface area contributed by atoms with Gasteiger partial charge in [0.1, 0.15) is 0 Å². The number of carboxylic acid groups (broad SMARTS) is 1. The highest BCUT2D eigenvalue weighted by atomic mass is 16.5. The highest BCUT2D eigenvalue weighted by molar-refractivity contribution is 5.92. The number of benzene rings is 1. The molecule has 2 aromatic rings. The molecule has 1 heterocycles. The summed E-state index contributed by atoms with van der Waals surface area (Å²) in [5.74, 6) is -0.937. The Kier molecular flexibility index (Phi) is 2.87. The van der Waals surface area contributed by atoms with Gasteiger partial charge in [-0.15, -0.1) is 0 Å². The molecule has 0 aliphatic rings. The van der Waals surface area contributed by atoms with Crippen molar-refractivity contribution in [1.29, 1.82) is 0 Å². The lowest BCUT2D eigenvalue weighted by molar-refractivity contribution is 0.0697. The molecule has 1 aromatic heterocycles. The van der Waals surface area contributed by atoms with Crippen LogP contribution in [0, 0.1) is 0 Å². The molecule has 0 radical (unpaired) electrons. The van der Waals surface area contributed by atoms with E-state index >= 15 is 0 Å². The molecule has 0 bridgehead atoms. The first kappa shape index (κ1) is 10.6. The Morgan fingerprint density at radius 2 is 2.38 bits per heavy atom. The number of carboxylic acids is 1. The molecule has 0 aliphatic carbocycles. The van der Waals surface area contributed by atoms with Crippen LogP contribution in [0.15, 0.2) is 24.5 Å². The molecule has 0 amide bonds. The fourth-order valence-corrected chi connectivity index (χ4v) is 1.56. The van der Waals surface area contributed by atoms with Crippen LogP contribution in [-0.2, 0) is 11.3 Å². The summed E-state index contributed by atoms with van der Waals surface area (Å²) in [5.41, 5.74) is 1.86. The van der Waals surface area contributed by atoms with Crippen LogP contribution < -0.4 is 0 Å². The third kappa shape index (κ3) is 1.90. The smallest absolute Gasteiger partial charge is 0.335 e. The molecule has 0 unspecified atom stereocenters. The monoisotopic (exact) mass is 220 g/mol. The number of hydrogen-bond acceptors (Lipinski definition) is 3. The highest BCUT2D eigenvalue weighted by Gasteiger charge is 2.07. The van der Waals surface area contributed by atoms with Gasteiger partial charge in [-0.1, -0.05) is 0 Å². The van der Waals surface area contributed by atoms with Crippen LogP contribution >= 0.6 is 0 Å². The van der Waals surface area contributed by atoms with E-state index in [1.807, 2.05) is 4.57 Å². The van der Waals surface area contributed by atoms with Gasteiger partial charge >= 0.3 is 5.97 Å². The number of carbonyl (C=O) groups is 1. The molecule has 1 N–H and O–H groups in total. The summed E-state index contributed by atoms with van der Waals surface area (Å²) in [6.07, 6.45) is 1.69. The van der Waals surface area contributed by atoms with Gasteiger partial charge in [0, 0.05) is 13.7 Å². The molecule has 0 fully saturated rings. The van der Waals surface area contributed by atoms with Gasteiger partial charge < -0.3 is 14.4 Å². The highest BCUT2D eigenvalue weighted by Crippen LogP contribution is 2.14. The second-order valence-electron chi connectivity index (χ2n) is 3.44. The Morgan fingerprint density at radius 1 is 1.56 bits per heavy atom. The SMILES string of the molecule is COCCn1cnc2cc(C(=O)O)ccc21. The van der Waals surface area contributed by atoms with Crippen molar-refractivity contribution < 1.29 is 14.6 Å². The van der Waals surface area contributed by atoms with E-state index in [4.69, 9.17) is 9.84 Å². The normalized spacial score (nSPS) is 10.8. The summed E-state index contributed by atoms with van der Waals surface area (Å²) in [4.78, 5) is 14.9. The number of hydrogen-bond donors (Lipinski definition) is 1. The molecule has 84 valence electrons. The van der Waals surface area contributed by atoms with Crippen molar-refractivity contribution in [2.75, 3.05) is 13.7 Å². The van der Waals surface area contributed by atoms with Crippen molar-refractivity contribution in [3.63, 3.8) is 0 Å². The second-order valence-corrected chi connectivity index (χ2v) is 3.44. The zero-order chi connectivity index (χ0) is 11.5. The van der Waals surface area contributed by atoms with Crippen LogP contribution in [0.1, 0.15) is 10.4 Å². The summed E-state index contributed by atoms with van der Waals surface area (Å²) in [6, 6.07) is 4.91. The van der Waals surface area contributed by atoms with E-state index in [2.05, 4.69) is 4.98 Å². The standard InChI is InChI=1S/C11H12N2O3/c1-16-5-4-13-7-12-9-6-8(11(14)15)2-3-10(9)13/h2-3,6-7H,4-5H2,1H3,(H,14,15). The van der Waals surface area contributed by atoms with Gasteiger partial charge in [-0.3, -0.25) is 0 Å². The topological polar surface area (TPSA) is 64.4 Å². The van der Waals surface area contributed by atoms with E-state index in [-0.39, 0.29) is 5.56 Å². The maximum atomic E-state index is 10.8. The summed E-state index contributed by atoms with van der Waals surface area (Å²) in [7, 11) is 1.64. The van der Waals surface area contributed by atoms with Gasteiger partial charge in [0.25, 0.3) is 0 Å². The molecule has 16 heavy (non-hydrogen) atoms. The summed E-state index contributed by atoms with van der Waals surface area (Å²) in [6.45, 7) is 1.31. The van der Waals surface area contributed by atoms with Crippen molar-refractivity contribution in [3.8, 4) is 0 Å². The van der Waals surface area contributed by atoms with Crippen LogP contribution in [0.2, 0.25) is 0 Å². The molecule has 0 atom stereocenters. The van der Waals surface area contributed by atoms with E-state index in [1.165, 1.54) is 0 Å². The number of aromatic carboxylic acids is 1. The minimum atomic E-state index is -0.937. The first-order valence-corrected chi connectivity index (χ1v) is 4.89. The Balaban J connectivity index is 2.38. The third-order valence-corrected chi connectivity index (χ3v) is 2.40. The van der Waals surface area contributed by atoms with Crippen molar-refractivity contribution in [2.24, 2.45) is 0 Å². The van der Waals surface area contributed by atoms with Gasteiger partial charge in [0.15, 0.2) is 0 Å². The van der Waals surface area contributed by atoms with Gasteiger partial charge in [0.2, 0.25) is 0 Å². The largest absolute Gasteiger partial charge is 0.478 e. The molecule has 0 saturated heterocycles. The Morgan fingerprint density at radius 3 is 3.06 bits per heavy atom. The zero-order valence-electron chi connectivity index (χ0n) is 8.88. The van der Waals surface area contributed by atoms with Crippen LogP contribution in [0.25, 0.3) is 11.0 Å². The van der Waals surface area contributed by atoms with Crippen LogP contribution in [0.5, 0.6) is 0 Å². The molecule has 5 nitrogen and oxygen atoms in total. The van der Waals surface area contributed by atoms with Gasteiger partial charge in [0.05, 0.1) is 29.5 Å². The van der Waals surface area contributed by atoms with E-state index in [1.54, 1.807) is 31.6 Å². The maximum Gasteiger partial charge on any atom is 0.335 e. The summed E-state index contributed by atoms with van der Waals surface area (Å²) in [5, 5.41) is 8.84. The number of methoxy groups -OCH3 is 1. The summed E-state index contributed by atoms with van der Waals surface area (Å²) >= 11 is 0. The Hall–Kier alpha value is -1.88. The van der Waals surface area contributed by atoms with E-state index in [9.17, 15) is 4.79 Å². The predicted octanol–water partition coefficient (Wildman–Crippen LogP) is 1.38. The lowest BCUT2D eigenvalue weighted by Crippen LogP contribution is -2.02. The fraction of sp³-hybridized carbons (Fsp3) is 0.273. The van der Waals surface area contributed by atoms with Crippen LogP contribution in [-0.4, -0.2) is 34.3 Å². The zero-order valence-corrected chi connectivity index (χ0v) is 8.88. The molecule has 1 aromatic carbocycles. The van der Waals surface area contributed by atoms with Gasteiger partial charge in [-0.25, -0.2) is 9.78 Å². The molecule has 0 aliphatic heterocycles. The molecule has 5 heteroatoms. The fourth-order valence-electron chi connectivity index (χ4n) is 1.56. The van der Waals surface area contributed by atoms with Crippen molar-refractivity contribution in [2.45, 2.75) is 6.54 Å². The number of imidazole rings is 1. The van der Waals surface area contributed by atoms with Gasteiger partial charge in [-0.05, 0) is 18.2 Å². The number of ether oxygens (including phenoxy) is 1. The molecular weight excluding hydrogens is 208 g/mol. The number of rotatable bonds is 4. The van der Waals surface area contributed by atoms with Crippen LogP contribution in [0.4, 0.5) is 0 Å². The number of aromatic nitrogens is 2. The van der Waals surface area contributed by atoms with Crippen molar-refractivity contribution in [1.82, 2.24) is 9.55 Å². The van der Waals surface area contributed by atoms with E-state index < -0.39 is 5.97 Å². The van der Waals surface area contributed by atoms with Crippen molar-refractivity contribution in [3.05, 3.63) is 30.1 Å². The molecule has 2 rings (SSSR count). The van der Waals surface area contributed by atoms with Gasteiger partial charge in [-0.2, -0.15) is 0 Å². The first-order valence-electron chi connectivity index (χ1n) is 4.89. The maximum absolute atomic E-state index is 10.8. The lowest BCUT2D eigenvalue weighted by Gasteiger charge is -2.02. The Labute approximate surface area is 92.3 Å². The molecular formula is C11H12N2O3. The predicted molar refractivity (Wildman–Crippen MR) is 58.6 cm³/mol. The van der Waals surface area contributed by atoms with E-state index in [0.29, 0.717) is 18.7 Å². The third-order valence-electron chi connectivity index (χ3n) is 2.40. The average molecular weight is 220 g/mol. The minimum absolute atomic E-state index is 0.254. The number of nitrogens with zero attached hydrogens (tertiary/aromatic N) is 2.